The molecule has 2 nitrogen and oxygen atoms in total. The van der Waals surface area contributed by atoms with E-state index in [0.29, 0.717) is 11.8 Å². The molecular weight excluding hydrogens is 162 g/mol. The number of hydrogen-bond donors (Lipinski definition) is 0. The van der Waals surface area contributed by atoms with Crippen molar-refractivity contribution in [1.29, 1.82) is 0 Å². The fraction of sp³-hybridized carbons (Fsp3) is 0.909. The van der Waals surface area contributed by atoms with Crippen molar-refractivity contribution in [2.45, 2.75) is 40.5 Å². The molecule has 0 N–H and O–H groups in total. The molecule has 0 aliphatic carbocycles. The molecule has 1 amide bonds. The zero-order chi connectivity index (χ0) is 10.4. The number of carbonyl (C=O) groups excluding carboxylic acids is 1. The Morgan fingerprint density at radius 1 is 1.46 bits per heavy atom. The second-order valence-electron chi connectivity index (χ2n) is 3.97. The third-order valence-electron chi connectivity index (χ3n) is 2.23. The van der Waals surface area contributed by atoms with E-state index >= 15 is 0 Å². The molecule has 1 rings (SSSR count). The average molecular weight is 185 g/mol. The average Bonchev–Trinajstić information content (AvgIpc) is 2.34. The molecule has 0 aromatic heterocycles. The first-order chi connectivity index (χ1) is 6.09. The first-order valence-electron chi connectivity index (χ1n) is 5.33. The first-order valence-corrected chi connectivity index (χ1v) is 5.33. The van der Waals surface area contributed by atoms with Gasteiger partial charge in [-0.15, -0.1) is 0 Å². The van der Waals surface area contributed by atoms with E-state index in [1.54, 1.807) is 0 Å². The number of rotatable bonds is 2. The number of amides is 1. The van der Waals surface area contributed by atoms with Crippen molar-refractivity contribution in [1.82, 2.24) is 4.90 Å². The van der Waals surface area contributed by atoms with Gasteiger partial charge in [-0.05, 0) is 18.3 Å². The molecule has 0 aromatic rings. The Bertz CT molecular complexity index is 154. The van der Waals surface area contributed by atoms with Gasteiger partial charge in [-0.25, -0.2) is 0 Å². The van der Waals surface area contributed by atoms with Gasteiger partial charge in [-0.3, -0.25) is 4.79 Å². The van der Waals surface area contributed by atoms with E-state index < -0.39 is 0 Å². The van der Waals surface area contributed by atoms with Crippen molar-refractivity contribution in [3.63, 3.8) is 0 Å². The molecule has 1 aliphatic rings. The lowest BCUT2D eigenvalue weighted by Gasteiger charge is -2.11. The molecule has 1 saturated heterocycles. The predicted octanol–water partition coefficient (Wildman–Crippen LogP) is 2.54. The molecule has 0 radical (unpaired) electrons. The minimum atomic E-state index is 0.315. The molecule has 1 atom stereocenters. The Balaban J connectivity index is 0.000000671. The number of nitrogens with zero attached hydrogens (tertiary/aromatic N) is 1. The predicted molar refractivity (Wildman–Crippen MR) is 56.5 cm³/mol. The lowest BCUT2D eigenvalue weighted by Crippen LogP contribution is -2.19. The van der Waals surface area contributed by atoms with E-state index in [1.807, 2.05) is 25.8 Å². The third-order valence-corrected chi connectivity index (χ3v) is 2.23. The van der Waals surface area contributed by atoms with Crippen molar-refractivity contribution in [3.8, 4) is 0 Å². The fourth-order valence-corrected chi connectivity index (χ4v) is 1.78. The molecule has 0 saturated carbocycles. The molecule has 0 bridgehead atoms. The van der Waals surface area contributed by atoms with Gasteiger partial charge in [0.25, 0.3) is 0 Å². The highest BCUT2D eigenvalue weighted by Gasteiger charge is 2.26. The van der Waals surface area contributed by atoms with Crippen LogP contribution in [-0.2, 0) is 4.79 Å². The van der Waals surface area contributed by atoms with Gasteiger partial charge >= 0.3 is 0 Å². The van der Waals surface area contributed by atoms with E-state index in [0.717, 1.165) is 18.9 Å². The number of likely N-dealkylation sites (tertiary alicyclic amines) is 1. The maximum absolute atomic E-state index is 11.1. The summed E-state index contributed by atoms with van der Waals surface area (Å²) in [4.78, 5) is 12.9. The van der Waals surface area contributed by atoms with Gasteiger partial charge in [-0.2, -0.15) is 0 Å². The van der Waals surface area contributed by atoms with Crippen LogP contribution in [-0.4, -0.2) is 24.4 Å². The molecule has 0 spiro atoms. The van der Waals surface area contributed by atoms with Gasteiger partial charge in [0.1, 0.15) is 0 Å². The fourth-order valence-electron chi connectivity index (χ4n) is 1.78. The van der Waals surface area contributed by atoms with Crippen LogP contribution >= 0.6 is 0 Å². The van der Waals surface area contributed by atoms with Crippen LogP contribution in [0.5, 0.6) is 0 Å². The Morgan fingerprint density at radius 3 is 2.31 bits per heavy atom. The van der Waals surface area contributed by atoms with E-state index in [1.165, 1.54) is 6.42 Å². The van der Waals surface area contributed by atoms with Crippen LogP contribution in [0.1, 0.15) is 40.5 Å². The monoisotopic (exact) mass is 185 g/mol. The summed E-state index contributed by atoms with van der Waals surface area (Å²) in [7, 11) is 1.89. The Kier molecular flexibility index (Phi) is 5.76. The maximum atomic E-state index is 11.1. The number of hydrogen-bond acceptors (Lipinski definition) is 1. The van der Waals surface area contributed by atoms with Crippen LogP contribution in [0.4, 0.5) is 0 Å². The summed E-state index contributed by atoms with van der Waals surface area (Å²) in [6.07, 6.45) is 1.96. The minimum Gasteiger partial charge on any atom is -0.345 e. The normalized spacial score (nSPS) is 21.8. The third kappa shape index (κ3) is 4.30. The molecule has 0 aromatic carbocycles. The summed E-state index contributed by atoms with van der Waals surface area (Å²) >= 11 is 0. The van der Waals surface area contributed by atoms with Crippen molar-refractivity contribution >= 4 is 5.91 Å². The topological polar surface area (TPSA) is 20.3 Å². The molecule has 1 heterocycles. The smallest absolute Gasteiger partial charge is 0.222 e. The van der Waals surface area contributed by atoms with Crippen molar-refractivity contribution in [3.05, 3.63) is 0 Å². The van der Waals surface area contributed by atoms with Crippen LogP contribution in [0.15, 0.2) is 0 Å². The van der Waals surface area contributed by atoms with E-state index in [-0.39, 0.29) is 0 Å². The molecule has 1 fully saturated rings. The van der Waals surface area contributed by atoms with Crippen LogP contribution in [0.25, 0.3) is 0 Å². The van der Waals surface area contributed by atoms with Crippen LogP contribution in [0, 0.1) is 11.8 Å². The molecule has 1 aliphatic heterocycles. The van der Waals surface area contributed by atoms with Crippen molar-refractivity contribution in [2.24, 2.45) is 11.8 Å². The van der Waals surface area contributed by atoms with Crippen LogP contribution < -0.4 is 0 Å². The highest BCUT2D eigenvalue weighted by atomic mass is 16.2. The summed E-state index contributed by atoms with van der Waals surface area (Å²) in [5.41, 5.74) is 0. The highest BCUT2D eigenvalue weighted by Crippen LogP contribution is 2.22. The second-order valence-corrected chi connectivity index (χ2v) is 3.97. The van der Waals surface area contributed by atoms with Gasteiger partial charge in [0, 0.05) is 20.0 Å². The van der Waals surface area contributed by atoms with Crippen LogP contribution in [0.2, 0.25) is 0 Å². The SMILES string of the molecule is CC.CC(C)CC1CC(=O)N(C)C1. The molecule has 1 unspecified atom stereocenters. The second kappa shape index (κ2) is 6.01. The van der Waals surface area contributed by atoms with E-state index in [2.05, 4.69) is 13.8 Å². The molecule has 13 heavy (non-hydrogen) atoms. The van der Waals surface area contributed by atoms with Gasteiger partial charge in [0.05, 0.1) is 0 Å². The first kappa shape index (κ1) is 12.5. The summed E-state index contributed by atoms with van der Waals surface area (Å²) in [5.74, 6) is 1.66. The molecule has 78 valence electrons. The van der Waals surface area contributed by atoms with Gasteiger partial charge in [0.2, 0.25) is 5.91 Å². The van der Waals surface area contributed by atoms with Crippen LogP contribution in [0.3, 0.4) is 0 Å². The maximum Gasteiger partial charge on any atom is 0.222 e. The quantitative estimate of drug-likeness (QED) is 0.647. The Hall–Kier alpha value is -0.530. The highest BCUT2D eigenvalue weighted by molar-refractivity contribution is 5.78. The van der Waals surface area contributed by atoms with Gasteiger partial charge < -0.3 is 4.90 Å². The summed E-state index contributed by atoms with van der Waals surface area (Å²) in [6, 6.07) is 0. The summed E-state index contributed by atoms with van der Waals surface area (Å²) in [6.45, 7) is 9.39. The van der Waals surface area contributed by atoms with Gasteiger partial charge in [-0.1, -0.05) is 27.7 Å². The zero-order valence-corrected chi connectivity index (χ0v) is 9.63. The molecule has 2 heteroatoms. The lowest BCUT2D eigenvalue weighted by molar-refractivity contribution is -0.126. The van der Waals surface area contributed by atoms with E-state index in [4.69, 9.17) is 0 Å². The number of carbonyl (C=O) groups is 1. The standard InChI is InChI=1S/C9H17NO.C2H6/c1-7(2)4-8-5-9(11)10(3)6-8;1-2/h7-8H,4-6H2,1-3H3;1-2H3. The van der Waals surface area contributed by atoms with Gasteiger partial charge in [0.15, 0.2) is 0 Å². The van der Waals surface area contributed by atoms with Crippen molar-refractivity contribution < 1.29 is 4.79 Å². The zero-order valence-electron chi connectivity index (χ0n) is 9.63. The minimum absolute atomic E-state index is 0.315. The molecular formula is C11H23NO. The Labute approximate surface area is 82.3 Å². The summed E-state index contributed by atoms with van der Waals surface area (Å²) < 4.78 is 0. The van der Waals surface area contributed by atoms with E-state index in [9.17, 15) is 4.79 Å². The van der Waals surface area contributed by atoms with Crippen molar-refractivity contribution in [2.75, 3.05) is 13.6 Å². The lowest BCUT2D eigenvalue weighted by atomic mass is 9.96. The Morgan fingerprint density at radius 2 is 2.00 bits per heavy atom. The summed E-state index contributed by atoms with van der Waals surface area (Å²) in [5, 5.41) is 0. The largest absolute Gasteiger partial charge is 0.345 e.